The Balaban J connectivity index is 1.67. The van der Waals surface area contributed by atoms with Crippen molar-refractivity contribution in [2.45, 2.75) is 39.2 Å². The fourth-order valence-electron chi connectivity index (χ4n) is 3.90. The van der Waals surface area contributed by atoms with Crippen molar-refractivity contribution in [3.8, 4) is 11.5 Å². The predicted molar refractivity (Wildman–Crippen MR) is 116 cm³/mol. The van der Waals surface area contributed by atoms with E-state index in [-0.39, 0.29) is 30.4 Å². The monoisotopic (exact) mass is 429 g/mol. The Morgan fingerprint density at radius 3 is 2.58 bits per heavy atom. The summed E-state index contributed by atoms with van der Waals surface area (Å²) in [5, 5.41) is 5.69. The summed E-state index contributed by atoms with van der Waals surface area (Å²) in [5.74, 6) is 0.892. The molecule has 1 atom stereocenters. The summed E-state index contributed by atoms with van der Waals surface area (Å²) < 4.78 is 10.6. The Bertz CT molecular complexity index is 831. The predicted octanol–water partition coefficient (Wildman–Crippen LogP) is 2.10. The topological polar surface area (TPSA) is 97.0 Å². The van der Waals surface area contributed by atoms with E-state index in [0.29, 0.717) is 61.9 Å². The number of likely N-dealkylation sites (tertiary alicyclic amines) is 1. The lowest BCUT2D eigenvalue weighted by Gasteiger charge is -2.36. The number of ether oxygens (including phenoxy) is 2. The van der Waals surface area contributed by atoms with Gasteiger partial charge in [-0.15, -0.1) is 6.58 Å². The lowest BCUT2D eigenvalue weighted by molar-refractivity contribution is -0.133. The number of nitrogens with one attached hydrogen (secondary N) is 2. The van der Waals surface area contributed by atoms with Crippen LogP contribution >= 0.6 is 0 Å². The minimum absolute atomic E-state index is 0.0640. The van der Waals surface area contributed by atoms with E-state index in [9.17, 15) is 14.4 Å². The average Bonchev–Trinajstić information content (AvgIpc) is 3.23. The maximum absolute atomic E-state index is 12.9. The zero-order chi connectivity index (χ0) is 22.4. The number of piperidine rings is 1. The Morgan fingerprint density at radius 1 is 1.19 bits per heavy atom. The van der Waals surface area contributed by atoms with Gasteiger partial charge < -0.3 is 25.0 Å². The second-order valence-corrected chi connectivity index (χ2v) is 8.37. The lowest BCUT2D eigenvalue weighted by atomic mass is 9.88. The summed E-state index contributed by atoms with van der Waals surface area (Å²) >= 11 is 0. The Hall–Kier alpha value is -3.03. The molecule has 2 aliphatic heterocycles. The van der Waals surface area contributed by atoms with E-state index in [2.05, 4.69) is 17.2 Å². The van der Waals surface area contributed by atoms with E-state index < -0.39 is 6.04 Å². The van der Waals surface area contributed by atoms with Gasteiger partial charge in [0.05, 0.1) is 0 Å². The van der Waals surface area contributed by atoms with Crippen molar-refractivity contribution in [2.24, 2.45) is 11.8 Å². The second-order valence-electron chi connectivity index (χ2n) is 8.37. The zero-order valence-corrected chi connectivity index (χ0v) is 18.2. The highest BCUT2D eigenvalue weighted by Crippen LogP contribution is 2.32. The summed E-state index contributed by atoms with van der Waals surface area (Å²) in [6.07, 6.45) is 3.42. The van der Waals surface area contributed by atoms with Crippen LogP contribution in [0.15, 0.2) is 30.9 Å². The molecule has 8 heteroatoms. The van der Waals surface area contributed by atoms with Crippen LogP contribution in [0.3, 0.4) is 0 Å². The van der Waals surface area contributed by atoms with Gasteiger partial charge in [-0.25, -0.2) is 0 Å². The van der Waals surface area contributed by atoms with E-state index in [1.54, 1.807) is 24.3 Å². The van der Waals surface area contributed by atoms with E-state index in [1.165, 1.54) is 0 Å². The van der Waals surface area contributed by atoms with Crippen molar-refractivity contribution in [2.75, 3.05) is 26.4 Å². The molecule has 0 radical (unpaired) electrons. The Kier molecular flexibility index (Phi) is 7.55. The molecule has 0 unspecified atom stereocenters. The maximum Gasteiger partial charge on any atom is 0.252 e. The molecule has 1 aromatic rings. The molecule has 168 valence electrons. The van der Waals surface area contributed by atoms with Gasteiger partial charge in [-0.1, -0.05) is 19.9 Å². The van der Waals surface area contributed by atoms with Gasteiger partial charge in [0, 0.05) is 31.6 Å². The number of hydrogen-bond donors (Lipinski definition) is 2. The average molecular weight is 430 g/mol. The van der Waals surface area contributed by atoms with Crippen molar-refractivity contribution in [1.29, 1.82) is 0 Å². The number of amides is 3. The standard InChI is InChI=1S/C23H31N3O5/c1-4-9-24-23(29)21(16-7-10-26(11-8-16)20(27)12-15(2)3)25-22(28)17-5-6-18-19(13-17)31-14-30-18/h4-6,13,15-16,21H,1,7-12,14H2,2-3H3,(H,24,29)(H,25,28)/t21-/m1/s1. The number of benzene rings is 1. The van der Waals surface area contributed by atoms with Crippen LogP contribution in [-0.4, -0.2) is 55.1 Å². The largest absolute Gasteiger partial charge is 0.454 e. The molecule has 2 heterocycles. The first kappa shape index (κ1) is 22.7. The molecule has 2 N–H and O–H groups in total. The van der Waals surface area contributed by atoms with E-state index >= 15 is 0 Å². The first-order valence-corrected chi connectivity index (χ1v) is 10.8. The van der Waals surface area contributed by atoms with Crippen LogP contribution in [0.2, 0.25) is 0 Å². The van der Waals surface area contributed by atoms with Crippen molar-refractivity contribution >= 4 is 17.7 Å². The molecule has 1 fully saturated rings. The number of carbonyl (C=O) groups excluding carboxylic acids is 3. The van der Waals surface area contributed by atoms with Gasteiger partial charge in [0.25, 0.3) is 5.91 Å². The van der Waals surface area contributed by atoms with Crippen LogP contribution in [0.1, 0.15) is 43.5 Å². The summed E-state index contributed by atoms with van der Waals surface area (Å²) in [4.78, 5) is 39.9. The molecule has 8 nitrogen and oxygen atoms in total. The molecule has 31 heavy (non-hydrogen) atoms. The molecular weight excluding hydrogens is 398 g/mol. The Labute approximate surface area is 183 Å². The molecule has 2 aliphatic rings. The van der Waals surface area contributed by atoms with Crippen molar-refractivity contribution in [3.05, 3.63) is 36.4 Å². The van der Waals surface area contributed by atoms with Crippen LogP contribution in [-0.2, 0) is 9.59 Å². The maximum atomic E-state index is 12.9. The number of fused-ring (bicyclic) bond motifs is 1. The number of nitrogens with zero attached hydrogens (tertiary/aromatic N) is 1. The van der Waals surface area contributed by atoms with Crippen molar-refractivity contribution < 1.29 is 23.9 Å². The second kappa shape index (κ2) is 10.3. The summed E-state index contributed by atoms with van der Waals surface area (Å²) in [6, 6.07) is 4.25. The van der Waals surface area contributed by atoms with Crippen LogP contribution in [0.25, 0.3) is 0 Å². The highest BCUT2D eigenvalue weighted by Gasteiger charge is 2.34. The van der Waals surface area contributed by atoms with E-state index in [4.69, 9.17) is 9.47 Å². The fraction of sp³-hybridized carbons (Fsp3) is 0.522. The highest BCUT2D eigenvalue weighted by atomic mass is 16.7. The number of rotatable bonds is 8. The normalized spacial score (nSPS) is 16.7. The smallest absolute Gasteiger partial charge is 0.252 e. The van der Waals surface area contributed by atoms with Gasteiger partial charge >= 0.3 is 0 Å². The van der Waals surface area contributed by atoms with Gasteiger partial charge in [-0.3, -0.25) is 14.4 Å². The van der Waals surface area contributed by atoms with E-state index in [1.807, 2.05) is 18.7 Å². The Morgan fingerprint density at radius 2 is 1.90 bits per heavy atom. The van der Waals surface area contributed by atoms with Crippen LogP contribution < -0.4 is 20.1 Å². The van der Waals surface area contributed by atoms with Crippen LogP contribution in [0, 0.1) is 11.8 Å². The number of hydrogen-bond acceptors (Lipinski definition) is 5. The van der Waals surface area contributed by atoms with Gasteiger partial charge in [0.2, 0.25) is 18.6 Å². The minimum Gasteiger partial charge on any atom is -0.454 e. The van der Waals surface area contributed by atoms with Gasteiger partial charge in [-0.2, -0.15) is 0 Å². The van der Waals surface area contributed by atoms with Crippen LogP contribution in [0.4, 0.5) is 0 Å². The van der Waals surface area contributed by atoms with Crippen molar-refractivity contribution in [1.82, 2.24) is 15.5 Å². The minimum atomic E-state index is -0.694. The molecule has 0 saturated carbocycles. The van der Waals surface area contributed by atoms with Gasteiger partial charge in [0.1, 0.15) is 6.04 Å². The third-order valence-corrected chi connectivity index (χ3v) is 5.57. The third-order valence-electron chi connectivity index (χ3n) is 5.57. The molecule has 0 aromatic heterocycles. The number of carbonyl (C=O) groups is 3. The highest BCUT2D eigenvalue weighted by molar-refractivity contribution is 5.98. The van der Waals surface area contributed by atoms with Crippen molar-refractivity contribution in [3.63, 3.8) is 0 Å². The molecule has 3 rings (SSSR count). The summed E-state index contributed by atoms with van der Waals surface area (Å²) in [6.45, 7) is 9.29. The zero-order valence-electron chi connectivity index (χ0n) is 18.2. The fourth-order valence-corrected chi connectivity index (χ4v) is 3.90. The molecule has 0 spiro atoms. The van der Waals surface area contributed by atoms with Gasteiger partial charge in [-0.05, 0) is 42.9 Å². The lowest BCUT2D eigenvalue weighted by Crippen LogP contribution is -2.53. The summed E-state index contributed by atoms with van der Waals surface area (Å²) in [7, 11) is 0. The molecular formula is C23H31N3O5. The van der Waals surface area contributed by atoms with Gasteiger partial charge in [0.15, 0.2) is 11.5 Å². The molecule has 0 aliphatic carbocycles. The quantitative estimate of drug-likeness (QED) is 0.617. The first-order chi connectivity index (χ1) is 14.9. The SMILES string of the molecule is C=CCNC(=O)[C@H](NC(=O)c1ccc2c(c1)OCO2)C1CCN(C(=O)CC(C)C)CC1. The van der Waals surface area contributed by atoms with E-state index in [0.717, 1.165) is 0 Å². The molecule has 1 aromatic carbocycles. The summed E-state index contributed by atoms with van der Waals surface area (Å²) in [5.41, 5.74) is 0.398. The third kappa shape index (κ3) is 5.77. The van der Waals surface area contributed by atoms with Crippen LogP contribution in [0.5, 0.6) is 11.5 Å². The first-order valence-electron chi connectivity index (χ1n) is 10.8. The molecule has 0 bridgehead atoms. The molecule has 1 saturated heterocycles. The molecule has 3 amide bonds.